The number of fused-ring (bicyclic) bond motifs is 2. The fourth-order valence-electron chi connectivity index (χ4n) is 5.42. The van der Waals surface area contributed by atoms with E-state index in [0.29, 0.717) is 76.3 Å². The molecule has 0 saturated carbocycles. The minimum Gasteiger partial charge on any atom is -0.308 e. The number of halogens is 1. The molecule has 0 aliphatic carbocycles. The topological polar surface area (TPSA) is 161 Å². The van der Waals surface area contributed by atoms with Crippen molar-refractivity contribution in [3.05, 3.63) is 145 Å². The molecule has 0 atom stereocenters. The van der Waals surface area contributed by atoms with Crippen LogP contribution in [0, 0.1) is 20.2 Å². The van der Waals surface area contributed by atoms with E-state index in [1.165, 1.54) is 53.4 Å². The van der Waals surface area contributed by atoms with Crippen molar-refractivity contribution in [3.8, 4) is 0 Å². The van der Waals surface area contributed by atoms with Gasteiger partial charge in [0, 0.05) is 71.6 Å². The number of aldehydes is 1. The first-order valence-corrected chi connectivity index (χ1v) is 15.2. The Labute approximate surface area is 279 Å². The number of carbonyl (C=O) groups is 4. The summed E-state index contributed by atoms with van der Waals surface area (Å²) in [4.78, 5) is 72.6. The van der Waals surface area contributed by atoms with Crippen LogP contribution in [0.2, 0.25) is 0 Å². The number of nitro benzene ring substituents is 2. The number of carbonyl (C=O) groups excluding carboxylic acids is 4. The smallest absolute Gasteiger partial charge is 0.269 e. The molecule has 48 heavy (non-hydrogen) atoms. The highest BCUT2D eigenvalue weighted by molar-refractivity contribution is 6.51. The highest BCUT2D eigenvalue weighted by atomic mass is 35.5. The predicted molar refractivity (Wildman–Crippen MR) is 179 cm³/mol. The van der Waals surface area contributed by atoms with Crippen molar-refractivity contribution in [2.24, 2.45) is 0 Å². The Balaban J connectivity index is 0.000000188. The number of rotatable bonds is 5. The molecule has 242 valence electrons. The van der Waals surface area contributed by atoms with Crippen molar-refractivity contribution in [2.75, 3.05) is 22.9 Å². The van der Waals surface area contributed by atoms with E-state index in [4.69, 9.17) is 11.6 Å². The van der Waals surface area contributed by atoms with E-state index in [1.807, 2.05) is 0 Å². The van der Waals surface area contributed by atoms with E-state index in [2.05, 4.69) is 0 Å². The van der Waals surface area contributed by atoms with Gasteiger partial charge in [0.15, 0.2) is 5.78 Å². The van der Waals surface area contributed by atoms with Gasteiger partial charge in [-0.2, -0.15) is 0 Å². The van der Waals surface area contributed by atoms with Crippen LogP contribution in [0.4, 0.5) is 22.7 Å². The molecule has 2 aliphatic rings. The fourth-order valence-corrected chi connectivity index (χ4v) is 5.72. The Bertz CT molecular complexity index is 1960. The second kappa shape index (κ2) is 14.6. The van der Waals surface area contributed by atoms with Crippen LogP contribution in [0.15, 0.2) is 103 Å². The number of non-ortho nitro benzene ring substituents is 2. The second-order valence-electron chi connectivity index (χ2n) is 10.8. The number of nitro groups is 2. The van der Waals surface area contributed by atoms with Crippen molar-refractivity contribution in [2.45, 2.75) is 19.3 Å². The molecule has 12 nitrogen and oxygen atoms in total. The maximum atomic E-state index is 12.9. The summed E-state index contributed by atoms with van der Waals surface area (Å²) in [6.45, 7) is 0.732. The van der Waals surface area contributed by atoms with Crippen molar-refractivity contribution < 1.29 is 29.0 Å². The lowest BCUT2D eigenvalue weighted by molar-refractivity contribution is -0.385. The fraction of sp³-hybridized carbons (Fsp3) is 0.143. The molecule has 4 aromatic rings. The number of ketones is 1. The standard InChI is InChI=1S/C18H13ClN2O4.C17H14N2O4/c19-17-13(11-22)9-10-20(16-4-2-1-3-15(16)17)18(23)12-5-7-14(8-6-12)21(24)25;20-16-6-3-11-18(15-5-2-1-4-14(15)16)17(21)12-7-9-13(10-8-12)19(22)23/h1-8,11H,9-10H2;1-2,4-5,7-10H,3,6,11H2. The van der Waals surface area contributed by atoms with Gasteiger partial charge in [-0.3, -0.25) is 39.4 Å². The Kier molecular flexibility index (Phi) is 10.2. The van der Waals surface area contributed by atoms with Crippen LogP contribution >= 0.6 is 11.6 Å². The molecule has 0 N–H and O–H groups in total. The number of hydrogen-bond acceptors (Lipinski definition) is 8. The van der Waals surface area contributed by atoms with E-state index in [-0.39, 0.29) is 35.5 Å². The number of amides is 2. The first-order valence-electron chi connectivity index (χ1n) is 14.8. The van der Waals surface area contributed by atoms with Crippen LogP contribution in [0.5, 0.6) is 0 Å². The Morgan fingerprint density at radius 3 is 1.62 bits per heavy atom. The van der Waals surface area contributed by atoms with Gasteiger partial charge in [0.25, 0.3) is 23.2 Å². The van der Waals surface area contributed by atoms with Gasteiger partial charge in [-0.05, 0) is 55.3 Å². The highest BCUT2D eigenvalue weighted by Crippen LogP contribution is 2.36. The van der Waals surface area contributed by atoms with Crippen LogP contribution in [0.3, 0.4) is 0 Å². The Morgan fingerprint density at radius 1 is 0.667 bits per heavy atom. The van der Waals surface area contributed by atoms with Crippen molar-refractivity contribution in [1.82, 2.24) is 0 Å². The highest BCUT2D eigenvalue weighted by Gasteiger charge is 2.27. The van der Waals surface area contributed by atoms with Crippen LogP contribution < -0.4 is 9.80 Å². The molecule has 0 fully saturated rings. The third kappa shape index (κ3) is 7.03. The summed E-state index contributed by atoms with van der Waals surface area (Å²) in [5.41, 5.74) is 3.33. The van der Waals surface area contributed by atoms with Gasteiger partial charge >= 0.3 is 0 Å². The average molecular weight is 667 g/mol. The van der Waals surface area contributed by atoms with Gasteiger partial charge in [0.05, 0.1) is 26.3 Å². The van der Waals surface area contributed by atoms with Crippen LogP contribution in [0.1, 0.15) is 55.9 Å². The summed E-state index contributed by atoms with van der Waals surface area (Å²) in [6.07, 6.45) is 2.03. The minimum atomic E-state index is -0.518. The number of Topliss-reactive ketones (excluding diaryl/α,β-unsaturated/α-hetero) is 1. The molecular weight excluding hydrogens is 640 g/mol. The second-order valence-corrected chi connectivity index (χ2v) is 11.2. The molecule has 2 heterocycles. The third-order valence-corrected chi connectivity index (χ3v) is 8.33. The van der Waals surface area contributed by atoms with Crippen LogP contribution in [-0.2, 0) is 4.79 Å². The van der Waals surface area contributed by atoms with Gasteiger partial charge < -0.3 is 9.80 Å². The summed E-state index contributed by atoms with van der Waals surface area (Å²) in [5.74, 6) is -0.541. The van der Waals surface area contributed by atoms with Crippen LogP contribution in [0.25, 0.3) is 5.03 Å². The van der Waals surface area contributed by atoms with Crippen molar-refractivity contribution in [3.63, 3.8) is 0 Å². The normalized spacial score (nSPS) is 14.0. The predicted octanol–water partition coefficient (Wildman–Crippen LogP) is 7.01. The minimum absolute atomic E-state index is 0.0274. The zero-order valence-electron chi connectivity index (χ0n) is 25.3. The number of benzene rings is 4. The van der Waals surface area contributed by atoms with E-state index in [9.17, 15) is 39.4 Å². The van der Waals surface area contributed by atoms with E-state index in [1.54, 1.807) is 53.4 Å². The SMILES string of the molecule is O=C1CCCN(C(=O)c2ccc([N+](=O)[O-])cc2)c2ccccc21.O=CC1=C(Cl)c2ccccc2N(C(=O)c2ccc([N+](=O)[O-])cc2)CC1. The van der Waals surface area contributed by atoms with Gasteiger partial charge in [-0.25, -0.2) is 0 Å². The number of para-hydroxylation sites is 2. The lowest BCUT2D eigenvalue weighted by Crippen LogP contribution is -2.32. The molecule has 0 radical (unpaired) electrons. The van der Waals surface area contributed by atoms with Crippen LogP contribution in [-0.4, -0.2) is 46.8 Å². The lowest BCUT2D eigenvalue weighted by Gasteiger charge is -2.23. The maximum Gasteiger partial charge on any atom is 0.269 e. The molecule has 0 bridgehead atoms. The molecule has 4 aromatic carbocycles. The number of anilines is 2. The molecule has 0 spiro atoms. The molecular formula is C35H27ClN4O8. The van der Waals surface area contributed by atoms with Gasteiger partial charge in [-0.15, -0.1) is 0 Å². The summed E-state index contributed by atoms with van der Waals surface area (Å²) in [7, 11) is 0. The Hall–Kier alpha value is -6.01. The molecule has 0 aromatic heterocycles. The van der Waals surface area contributed by atoms with Gasteiger partial charge in [-0.1, -0.05) is 41.9 Å². The number of hydrogen-bond donors (Lipinski definition) is 0. The molecule has 0 unspecified atom stereocenters. The summed E-state index contributed by atoms with van der Waals surface area (Å²) in [6, 6.07) is 25.0. The summed E-state index contributed by atoms with van der Waals surface area (Å²) >= 11 is 6.32. The lowest BCUT2D eigenvalue weighted by atomic mass is 10.1. The van der Waals surface area contributed by atoms with Gasteiger partial charge in [0.2, 0.25) is 0 Å². The van der Waals surface area contributed by atoms with E-state index >= 15 is 0 Å². The first kappa shape index (κ1) is 33.4. The summed E-state index contributed by atoms with van der Waals surface area (Å²) < 4.78 is 0. The largest absolute Gasteiger partial charge is 0.308 e. The first-order chi connectivity index (χ1) is 23.1. The zero-order chi connectivity index (χ0) is 34.4. The van der Waals surface area contributed by atoms with E-state index in [0.717, 1.165) is 0 Å². The van der Waals surface area contributed by atoms with Crippen molar-refractivity contribution in [1.29, 1.82) is 0 Å². The third-order valence-electron chi connectivity index (χ3n) is 7.88. The monoisotopic (exact) mass is 666 g/mol. The van der Waals surface area contributed by atoms with Gasteiger partial charge in [0.1, 0.15) is 6.29 Å². The molecule has 6 rings (SSSR count). The molecule has 2 amide bonds. The molecule has 0 saturated heterocycles. The molecule has 13 heteroatoms. The number of nitrogens with zero attached hydrogens (tertiary/aromatic N) is 4. The maximum absolute atomic E-state index is 12.9. The van der Waals surface area contributed by atoms with Crippen molar-refractivity contribution >= 4 is 63.3 Å². The molecule has 2 aliphatic heterocycles. The van der Waals surface area contributed by atoms with E-state index < -0.39 is 9.85 Å². The summed E-state index contributed by atoms with van der Waals surface area (Å²) in [5, 5.41) is 21.8. The average Bonchev–Trinajstić information content (AvgIpc) is 3.37. The quantitative estimate of drug-likeness (QED) is 0.125. The Morgan fingerprint density at radius 2 is 1.12 bits per heavy atom. The zero-order valence-corrected chi connectivity index (χ0v) is 26.0.